The van der Waals surface area contributed by atoms with E-state index in [0.717, 1.165) is 12.2 Å². The van der Waals surface area contributed by atoms with Gasteiger partial charge in [0, 0.05) is 23.4 Å². The van der Waals surface area contributed by atoms with E-state index in [1.807, 2.05) is 0 Å². The molecule has 5 nitrogen and oxygen atoms in total. The van der Waals surface area contributed by atoms with E-state index in [-0.39, 0.29) is 30.3 Å². The van der Waals surface area contributed by atoms with Crippen molar-refractivity contribution < 1.29 is 26.5 Å². The maximum absolute atomic E-state index is 14.2. The molecule has 156 valence electrons. The van der Waals surface area contributed by atoms with E-state index in [4.69, 9.17) is 21.4 Å². The summed E-state index contributed by atoms with van der Waals surface area (Å²) in [7, 11) is 0. The van der Waals surface area contributed by atoms with Crippen LogP contribution in [-0.4, -0.2) is 21.2 Å². The number of nitriles is 1. The number of fused-ring (bicyclic) bond motifs is 1. The first-order valence-electron chi connectivity index (χ1n) is 8.78. The number of nitrogens with zero attached hydrogens (tertiary/aromatic N) is 4. The Bertz CT molecular complexity index is 1080. The van der Waals surface area contributed by atoms with Crippen molar-refractivity contribution in [3.63, 3.8) is 0 Å². The summed E-state index contributed by atoms with van der Waals surface area (Å²) in [5.74, 6) is -5.80. The zero-order valence-corrected chi connectivity index (χ0v) is 15.8. The molecule has 0 aromatic carbocycles. The Labute approximate surface area is 172 Å². The molecule has 0 saturated carbocycles. The lowest BCUT2D eigenvalue weighted by molar-refractivity contribution is -0.170. The molecule has 0 amide bonds. The van der Waals surface area contributed by atoms with Crippen LogP contribution in [0.2, 0.25) is 0 Å². The van der Waals surface area contributed by atoms with Crippen LogP contribution in [0.1, 0.15) is 24.1 Å². The lowest BCUT2D eigenvalue weighted by Crippen LogP contribution is -2.34. The van der Waals surface area contributed by atoms with Crippen LogP contribution in [0.25, 0.3) is 0 Å². The third-order valence-corrected chi connectivity index (χ3v) is 5.47. The summed E-state index contributed by atoms with van der Waals surface area (Å²) in [6.45, 7) is -0.0291. The molecule has 4 rings (SSSR count). The molecular formula is C19H12ClF5N4O. The van der Waals surface area contributed by atoms with E-state index < -0.39 is 40.6 Å². The second-order valence-electron chi connectivity index (χ2n) is 6.89. The van der Waals surface area contributed by atoms with Gasteiger partial charge < -0.3 is 9.42 Å². The third-order valence-electron chi connectivity index (χ3n) is 5.11. The van der Waals surface area contributed by atoms with Gasteiger partial charge in [0.1, 0.15) is 22.6 Å². The lowest BCUT2D eigenvalue weighted by atomic mass is 9.80. The Hall–Kier alpha value is -2.93. The molecule has 2 heterocycles. The van der Waals surface area contributed by atoms with Crippen LogP contribution in [0.4, 0.5) is 22.0 Å². The van der Waals surface area contributed by atoms with Crippen molar-refractivity contribution in [1.29, 1.82) is 5.26 Å². The van der Waals surface area contributed by atoms with Crippen molar-refractivity contribution in [2.24, 2.45) is 11.8 Å². The molecule has 0 saturated heterocycles. The van der Waals surface area contributed by atoms with Gasteiger partial charge in [-0.05, 0) is 24.6 Å². The quantitative estimate of drug-likeness (QED) is 0.594. The summed E-state index contributed by atoms with van der Waals surface area (Å²) < 4.78 is 73.1. The molecule has 0 spiro atoms. The molecular weight excluding hydrogens is 431 g/mol. The molecule has 0 bridgehead atoms. The Morgan fingerprint density at radius 1 is 1.30 bits per heavy atom. The number of halogens is 6. The maximum atomic E-state index is 14.2. The zero-order chi connectivity index (χ0) is 21.6. The highest BCUT2D eigenvalue weighted by atomic mass is 35.5. The number of hydrogen-bond donors (Lipinski definition) is 0. The molecule has 3 atom stereocenters. The van der Waals surface area contributed by atoms with Gasteiger partial charge in [-0.1, -0.05) is 22.8 Å². The van der Waals surface area contributed by atoms with Crippen LogP contribution in [0.3, 0.4) is 0 Å². The van der Waals surface area contributed by atoms with Crippen LogP contribution in [0.5, 0.6) is 0 Å². The van der Waals surface area contributed by atoms with Gasteiger partial charge in [-0.15, -0.1) is 0 Å². The molecule has 1 aromatic heterocycles. The summed E-state index contributed by atoms with van der Waals surface area (Å²) in [6.07, 6.45) is 1.89. The largest absolute Gasteiger partial charge is 0.397 e. The molecule has 0 N–H and O–H groups in total. The summed E-state index contributed by atoms with van der Waals surface area (Å²) in [4.78, 5) is 5.59. The van der Waals surface area contributed by atoms with Crippen molar-refractivity contribution in [2.45, 2.75) is 25.1 Å². The summed E-state index contributed by atoms with van der Waals surface area (Å²) >= 11 is 5.58. The van der Waals surface area contributed by atoms with Crippen LogP contribution in [-0.2, 0) is 6.54 Å². The minimum Gasteiger partial charge on any atom is -0.343 e. The van der Waals surface area contributed by atoms with Gasteiger partial charge >= 0.3 is 6.18 Å². The highest BCUT2D eigenvalue weighted by Crippen LogP contribution is 2.46. The molecule has 0 radical (unpaired) electrons. The van der Waals surface area contributed by atoms with E-state index in [1.54, 1.807) is 6.07 Å². The molecule has 11 heteroatoms. The predicted molar refractivity (Wildman–Crippen MR) is 94.3 cm³/mol. The van der Waals surface area contributed by atoms with Crippen molar-refractivity contribution >= 4 is 11.6 Å². The summed E-state index contributed by atoms with van der Waals surface area (Å²) in [5, 5.41) is 12.1. The molecule has 0 fully saturated rings. The average Bonchev–Trinajstić information content (AvgIpc) is 3.32. The van der Waals surface area contributed by atoms with Crippen molar-refractivity contribution in [3.8, 4) is 6.07 Å². The smallest absolute Gasteiger partial charge is 0.343 e. The zero-order valence-electron chi connectivity index (χ0n) is 15.0. The molecule has 1 aliphatic heterocycles. The summed E-state index contributed by atoms with van der Waals surface area (Å²) in [5.41, 5.74) is -0.0270. The van der Waals surface area contributed by atoms with Gasteiger partial charge in [-0.3, -0.25) is 0 Å². The van der Waals surface area contributed by atoms with Gasteiger partial charge in [-0.25, -0.2) is 8.78 Å². The van der Waals surface area contributed by atoms with Crippen molar-refractivity contribution in [3.05, 3.63) is 70.2 Å². The normalized spacial score (nSPS) is 26.2. The van der Waals surface area contributed by atoms with E-state index in [9.17, 15) is 22.0 Å². The minimum absolute atomic E-state index is 0.0291. The lowest BCUT2D eigenvalue weighted by Gasteiger charge is -2.31. The van der Waals surface area contributed by atoms with E-state index in [0.29, 0.717) is 5.70 Å². The highest BCUT2D eigenvalue weighted by Gasteiger charge is 2.50. The van der Waals surface area contributed by atoms with Crippen LogP contribution < -0.4 is 0 Å². The van der Waals surface area contributed by atoms with Gasteiger partial charge in [-0.2, -0.15) is 23.4 Å². The van der Waals surface area contributed by atoms with Crippen LogP contribution in [0, 0.1) is 23.2 Å². The molecule has 3 unspecified atom stereocenters. The summed E-state index contributed by atoms with van der Waals surface area (Å²) in [6, 6.07) is 1.61. The van der Waals surface area contributed by atoms with Gasteiger partial charge in [0.2, 0.25) is 5.89 Å². The molecule has 30 heavy (non-hydrogen) atoms. The van der Waals surface area contributed by atoms with Gasteiger partial charge in [0.15, 0.2) is 5.82 Å². The number of allylic oxidation sites excluding steroid dienone is 8. The van der Waals surface area contributed by atoms with Crippen molar-refractivity contribution in [2.75, 3.05) is 0 Å². The first-order valence-corrected chi connectivity index (χ1v) is 9.15. The number of hydrogen-bond acceptors (Lipinski definition) is 5. The van der Waals surface area contributed by atoms with Crippen LogP contribution >= 0.6 is 11.6 Å². The van der Waals surface area contributed by atoms with E-state index in [1.165, 1.54) is 23.3 Å². The van der Waals surface area contributed by atoms with Crippen molar-refractivity contribution in [1.82, 2.24) is 15.0 Å². The number of alkyl halides is 3. The minimum atomic E-state index is -4.59. The van der Waals surface area contributed by atoms with E-state index >= 15 is 0 Å². The average molecular weight is 443 g/mol. The Morgan fingerprint density at radius 2 is 2.07 bits per heavy atom. The standard InChI is InChI=1S/C19H12ClF5N4O/c20-16-12(21)3-2-11(17(16)22)18-27-14(28-30-18)8-29-6-5-10-13(29)4-1-9(7-26)15(10)19(23,24)25/h1,3-6,10-11,15H,2,8H2. The highest BCUT2D eigenvalue weighted by molar-refractivity contribution is 6.32. The molecule has 3 aliphatic rings. The first kappa shape index (κ1) is 20.3. The fourth-order valence-corrected chi connectivity index (χ4v) is 3.89. The Kier molecular flexibility index (Phi) is 5.02. The first-order chi connectivity index (χ1) is 14.2. The fraction of sp³-hybridized carbons (Fsp3) is 0.316. The second-order valence-corrected chi connectivity index (χ2v) is 7.27. The SMILES string of the molecule is N#CC1=CC=C2C(C=CN2Cc2noc(C3CC=C(F)C(Cl)=C3F)n2)C1C(F)(F)F. The van der Waals surface area contributed by atoms with E-state index in [2.05, 4.69) is 10.1 Å². The number of aromatic nitrogens is 2. The molecule has 2 aliphatic carbocycles. The fourth-order valence-electron chi connectivity index (χ4n) is 3.68. The third kappa shape index (κ3) is 3.43. The number of rotatable bonds is 3. The van der Waals surface area contributed by atoms with Crippen LogP contribution in [0.15, 0.2) is 63.0 Å². The Balaban J connectivity index is 1.54. The predicted octanol–water partition coefficient (Wildman–Crippen LogP) is 5.30. The molecule has 1 aromatic rings. The van der Waals surface area contributed by atoms with Gasteiger partial charge in [0.25, 0.3) is 0 Å². The van der Waals surface area contributed by atoms with Gasteiger partial charge in [0.05, 0.1) is 18.5 Å². The maximum Gasteiger partial charge on any atom is 0.397 e. The monoisotopic (exact) mass is 442 g/mol. The second kappa shape index (κ2) is 7.40. The topological polar surface area (TPSA) is 66.0 Å². The Morgan fingerprint density at radius 3 is 2.77 bits per heavy atom.